The summed E-state index contributed by atoms with van der Waals surface area (Å²) >= 11 is 0. The number of rotatable bonds is 13. The van der Waals surface area contributed by atoms with Crippen molar-refractivity contribution in [3.8, 4) is 0 Å². The molecule has 28 heavy (non-hydrogen) atoms. The molecule has 1 aliphatic rings. The van der Waals surface area contributed by atoms with E-state index in [1.165, 1.54) is 0 Å². The third-order valence-corrected chi connectivity index (χ3v) is 3.25. The summed E-state index contributed by atoms with van der Waals surface area (Å²) in [5.74, 6) is -2.08. The molecule has 1 heterocycles. The van der Waals surface area contributed by atoms with Gasteiger partial charge in [-0.05, 0) is 32.6 Å². The van der Waals surface area contributed by atoms with Crippen molar-refractivity contribution < 1.29 is 44.3 Å². The summed E-state index contributed by atoms with van der Waals surface area (Å²) in [6, 6.07) is 0. The maximum atomic E-state index is 10.7. The number of ether oxygens (including phenoxy) is 2. The number of aliphatic carboxylic acids is 2. The van der Waals surface area contributed by atoms with Crippen molar-refractivity contribution >= 4 is 17.9 Å². The molecule has 0 bridgehead atoms. The van der Waals surface area contributed by atoms with E-state index < -0.39 is 11.9 Å². The lowest BCUT2D eigenvalue weighted by Gasteiger charge is -1.99. The second-order valence-electron chi connectivity index (χ2n) is 6.19. The molecule has 4 N–H and O–H groups in total. The third-order valence-electron chi connectivity index (χ3n) is 3.25. The smallest absolute Gasteiger partial charge is 0.333 e. The lowest BCUT2D eigenvalue weighted by molar-refractivity contribution is -0.139. The number of carbonyl (C=O) groups excluding carboxylic acids is 1. The molecule has 9 heteroatoms. The number of hydrogen-bond acceptors (Lipinski definition) is 7. The molecule has 0 spiro atoms. The van der Waals surface area contributed by atoms with Crippen LogP contribution in [0.25, 0.3) is 0 Å². The number of carboxylic acids is 2. The van der Waals surface area contributed by atoms with Crippen molar-refractivity contribution in [2.75, 3.05) is 26.4 Å². The fraction of sp³-hybridized carbons (Fsp3) is 0.737. The number of esters is 1. The Hall–Kier alpha value is -1.97. The molecule has 1 atom stereocenters. The highest BCUT2D eigenvalue weighted by Crippen LogP contribution is 2.09. The highest BCUT2D eigenvalue weighted by Gasteiger charge is 2.24. The molecule has 164 valence electrons. The number of hydrogen-bond donors (Lipinski definition) is 4. The van der Waals surface area contributed by atoms with Gasteiger partial charge in [-0.15, -0.1) is 0 Å². The Morgan fingerprint density at radius 2 is 1.36 bits per heavy atom. The van der Waals surface area contributed by atoms with Crippen LogP contribution in [0.3, 0.4) is 0 Å². The van der Waals surface area contributed by atoms with E-state index in [4.69, 9.17) is 29.9 Å². The molecule has 0 aromatic carbocycles. The van der Waals surface area contributed by atoms with Gasteiger partial charge in [0.2, 0.25) is 0 Å². The van der Waals surface area contributed by atoms with Gasteiger partial charge < -0.3 is 29.9 Å². The lowest BCUT2D eigenvalue weighted by Crippen LogP contribution is -2.09. The molecule has 0 saturated carbocycles. The number of carbonyl (C=O) groups is 3. The van der Waals surface area contributed by atoms with Crippen LogP contribution in [-0.2, 0) is 23.9 Å². The summed E-state index contributed by atoms with van der Waals surface area (Å²) in [6.45, 7) is 6.70. The molecule has 0 amide bonds. The van der Waals surface area contributed by atoms with Gasteiger partial charge in [0.15, 0.2) is 0 Å². The molecule has 0 aliphatic carbocycles. The second kappa shape index (κ2) is 19.8. The largest absolute Gasteiger partial charge is 0.481 e. The van der Waals surface area contributed by atoms with E-state index in [2.05, 4.69) is 6.58 Å². The molecule has 0 aromatic rings. The topological polar surface area (TPSA) is 154 Å². The van der Waals surface area contributed by atoms with Crippen LogP contribution >= 0.6 is 0 Å². The zero-order chi connectivity index (χ0) is 21.8. The molecule has 1 unspecified atom stereocenters. The minimum Gasteiger partial charge on any atom is -0.481 e. The molecule has 0 radical (unpaired) electrons. The van der Waals surface area contributed by atoms with E-state index in [1.54, 1.807) is 6.92 Å². The van der Waals surface area contributed by atoms with Gasteiger partial charge in [0.1, 0.15) is 12.7 Å². The van der Waals surface area contributed by atoms with Crippen molar-refractivity contribution in [2.45, 2.75) is 64.4 Å². The van der Waals surface area contributed by atoms with E-state index >= 15 is 0 Å². The first-order valence-electron chi connectivity index (χ1n) is 9.34. The van der Waals surface area contributed by atoms with Crippen LogP contribution in [0.4, 0.5) is 0 Å². The minimum atomic E-state index is -0.870. The summed E-state index contributed by atoms with van der Waals surface area (Å²) in [4.78, 5) is 30.5. The fourth-order valence-electron chi connectivity index (χ4n) is 1.59. The molecule has 0 aromatic heterocycles. The third kappa shape index (κ3) is 26.3. The van der Waals surface area contributed by atoms with E-state index in [9.17, 15) is 14.4 Å². The van der Waals surface area contributed by atoms with Gasteiger partial charge in [-0.3, -0.25) is 9.59 Å². The number of aliphatic hydroxyl groups is 2. The fourth-order valence-corrected chi connectivity index (χ4v) is 1.59. The second-order valence-corrected chi connectivity index (χ2v) is 6.19. The van der Waals surface area contributed by atoms with Crippen LogP contribution in [0, 0.1) is 0 Å². The van der Waals surface area contributed by atoms with Gasteiger partial charge in [0.25, 0.3) is 0 Å². The number of epoxide rings is 1. The normalized spacial score (nSPS) is 13.9. The van der Waals surface area contributed by atoms with E-state index in [1.807, 2.05) is 0 Å². The molecule has 1 saturated heterocycles. The maximum absolute atomic E-state index is 10.7. The summed E-state index contributed by atoms with van der Waals surface area (Å²) in [6.07, 6.45) is 4.99. The van der Waals surface area contributed by atoms with Gasteiger partial charge in [0, 0.05) is 31.6 Å². The Bertz CT molecular complexity index is 423. The van der Waals surface area contributed by atoms with Crippen molar-refractivity contribution in [3.05, 3.63) is 12.2 Å². The average Bonchev–Trinajstić information content (AvgIpc) is 3.45. The van der Waals surface area contributed by atoms with Crippen LogP contribution < -0.4 is 0 Å². The predicted octanol–water partition coefficient (Wildman–Crippen LogP) is 1.75. The predicted molar refractivity (Wildman–Crippen MR) is 102 cm³/mol. The van der Waals surface area contributed by atoms with Crippen molar-refractivity contribution in [1.29, 1.82) is 0 Å². The highest BCUT2D eigenvalue weighted by atomic mass is 16.6. The highest BCUT2D eigenvalue weighted by molar-refractivity contribution is 5.86. The standard InChI is InChI=1S/C7H10O3.C6H10O4.C6H14O2/c1-5(2)7(8)10-4-6-3-9-6;7-5(8)3-1-2-4-6(9)10;7-5-3-1-2-4-6-8/h6H,1,3-4H2,2H3;1-4H2,(H,7,8)(H,9,10);7-8H,1-6H2. The molecular formula is C19H34O9. The number of unbranched alkanes of at least 4 members (excludes halogenated alkanes) is 4. The zero-order valence-corrected chi connectivity index (χ0v) is 16.6. The maximum Gasteiger partial charge on any atom is 0.333 e. The van der Waals surface area contributed by atoms with Crippen LogP contribution in [0.2, 0.25) is 0 Å². The van der Waals surface area contributed by atoms with Crippen LogP contribution in [-0.4, -0.2) is 70.9 Å². The summed E-state index contributed by atoms with van der Waals surface area (Å²) < 4.78 is 9.60. The average molecular weight is 406 g/mol. The van der Waals surface area contributed by atoms with Crippen molar-refractivity contribution in [2.24, 2.45) is 0 Å². The molecule has 1 aliphatic heterocycles. The summed E-state index contributed by atoms with van der Waals surface area (Å²) in [7, 11) is 0. The van der Waals surface area contributed by atoms with Gasteiger partial charge in [-0.1, -0.05) is 19.4 Å². The number of aliphatic hydroxyl groups excluding tert-OH is 2. The van der Waals surface area contributed by atoms with Crippen LogP contribution in [0.5, 0.6) is 0 Å². The monoisotopic (exact) mass is 406 g/mol. The van der Waals surface area contributed by atoms with Crippen LogP contribution in [0.1, 0.15) is 58.3 Å². The van der Waals surface area contributed by atoms with Gasteiger partial charge in [0.05, 0.1) is 6.61 Å². The molecular weight excluding hydrogens is 372 g/mol. The first-order chi connectivity index (χ1) is 13.2. The quantitative estimate of drug-likeness (QED) is 0.155. The minimum absolute atomic E-state index is 0.0628. The van der Waals surface area contributed by atoms with Crippen LogP contribution in [0.15, 0.2) is 12.2 Å². The Labute approximate surface area is 166 Å². The zero-order valence-electron chi connectivity index (χ0n) is 16.6. The first-order valence-corrected chi connectivity index (χ1v) is 9.34. The van der Waals surface area contributed by atoms with E-state index in [0.717, 1.165) is 25.7 Å². The van der Waals surface area contributed by atoms with Gasteiger partial charge in [-0.2, -0.15) is 0 Å². The number of carboxylic acid groups (broad SMARTS) is 2. The summed E-state index contributed by atoms with van der Waals surface area (Å²) in [5.41, 5.74) is 0.431. The Kier molecular flexibility index (Phi) is 20.0. The molecule has 1 fully saturated rings. The SMILES string of the molecule is C=C(C)C(=O)OCC1CO1.O=C(O)CCCCC(=O)O.OCCCCCCO. The lowest BCUT2D eigenvalue weighted by atomic mass is 10.2. The van der Waals surface area contributed by atoms with E-state index in [0.29, 0.717) is 31.6 Å². The van der Waals surface area contributed by atoms with Crippen molar-refractivity contribution in [1.82, 2.24) is 0 Å². The Morgan fingerprint density at radius 3 is 1.64 bits per heavy atom. The Balaban J connectivity index is 0. The molecule has 9 nitrogen and oxygen atoms in total. The van der Waals surface area contributed by atoms with Gasteiger partial charge in [-0.25, -0.2) is 4.79 Å². The van der Waals surface area contributed by atoms with Crippen molar-refractivity contribution in [3.63, 3.8) is 0 Å². The van der Waals surface area contributed by atoms with Gasteiger partial charge >= 0.3 is 17.9 Å². The first kappa shape index (κ1) is 28.2. The Morgan fingerprint density at radius 1 is 0.929 bits per heavy atom. The summed E-state index contributed by atoms with van der Waals surface area (Å²) in [5, 5.41) is 32.9. The molecule has 1 rings (SSSR count). The van der Waals surface area contributed by atoms with E-state index in [-0.39, 0.29) is 38.1 Å².